The molecule has 1 N–H and O–H groups in total. The average molecular weight is 256 g/mol. The van der Waals surface area contributed by atoms with E-state index in [0.717, 1.165) is 35.3 Å². The molecule has 1 aliphatic heterocycles. The molecule has 0 spiro atoms. The third-order valence-electron chi connectivity index (χ3n) is 3.10. The van der Waals surface area contributed by atoms with E-state index in [0.29, 0.717) is 6.10 Å². The number of nitrogens with zero attached hydrogens (tertiary/aromatic N) is 2. The Hall–Kier alpha value is -0.650. The Morgan fingerprint density at radius 3 is 2.94 bits per heavy atom. The molecule has 17 heavy (non-hydrogen) atoms. The molecule has 4 nitrogen and oxygen atoms in total. The second-order valence-electron chi connectivity index (χ2n) is 4.53. The van der Waals surface area contributed by atoms with Crippen LogP contribution in [-0.4, -0.2) is 36.4 Å². The molecule has 0 radical (unpaired) electrons. The van der Waals surface area contributed by atoms with Crippen LogP contribution in [0.1, 0.15) is 29.8 Å². The van der Waals surface area contributed by atoms with E-state index in [1.165, 1.54) is 12.8 Å². The molecule has 0 aliphatic carbocycles. The molecular formula is C12H20N2O2S. The van der Waals surface area contributed by atoms with Crippen molar-refractivity contribution in [2.45, 2.75) is 38.9 Å². The summed E-state index contributed by atoms with van der Waals surface area (Å²) < 4.78 is 5.72. The minimum atomic E-state index is 0.0806. The molecule has 0 amide bonds. The molecule has 2 heterocycles. The van der Waals surface area contributed by atoms with E-state index in [9.17, 15) is 0 Å². The van der Waals surface area contributed by atoms with E-state index in [2.05, 4.69) is 9.88 Å². The summed E-state index contributed by atoms with van der Waals surface area (Å²) >= 11 is 1.57. The number of likely N-dealkylation sites (N-methyl/N-ethyl adjacent to an activating group) is 1. The summed E-state index contributed by atoms with van der Waals surface area (Å²) in [4.78, 5) is 7.56. The smallest absolute Gasteiger partial charge is 0.185 e. The van der Waals surface area contributed by atoms with Crippen molar-refractivity contribution < 1.29 is 9.84 Å². The molecule has 1 aromatic rings. The first-order chi connectivity index (χ1) is 8.20. The number of aliphatic hydroxyl groups is 1. The van der Waals surface area contributed by atoms with Gasteiger partial charge < -0.3 is 14.7 Å². The monoisotopic (exact) mass is 256 g/mol. The predicted octanol–water partition coefficient (Wildman–Crippen LogP) is 1.95. The number of hydrogen-bond acceptors (Lipinski definition) is 5. The number of thiazole rings is 1. The summed E-state index contributed by atoms with van der Waals surface area (Å²) in [7, 11) is 2.04. The fourth-order valence-corrected chi connectivity index (χ4v) is 2.95. The van der Waals surface area contributed by atoms with Crippen molar-refractivity contribution in [2.24, 2.45) is 0 Å². The van der Waals surface area contributed by atoms with Crippen molar-refractivity contribution in [1.29, 1.82) is 0 Å². The zero-order valence-electron chi connectivity index (χ0n) is 10.5. The first kappa shape index (κ1) is 12.8. The van der Waals surface area contributed by atoms with Gasteiger partial charge in [0.25, 0.3) is 0 Å². The molecule has 0 aromatic carbocycles. The number of aromatic nitrogens is 1. The van der Waals surface area contributed by atoms with Crippen LogP contribution in [0.15, 0.2) is 0 Å². The maximum Gasteiger partial charge on any atom is 0.185 e. The highest BCUT2D eigenvalue weighted by molar-refractivity contribution is 7.15. The molecular weight excluding hydrogens is 236 g/mol. The molecule has 96 valence electrons. The van der Waals surface area contributed by atoms with Gasteiger partial charge in [0.2, 0.25) is 0 Å². The number of aryl methyl sites for hydroxylation is 1. The van der Waals surface area contributed by atoms with Crippen molar-refractivity contribution in [3.63, 3.8) is 0 Å². The standard InChI is InChI=1S/C12H20N2O2S/c1-9-11(8-15)17-12(13-9)14(2)7-10-5-3-4-6-16-10/h10,15H,3-8H2,1-2H3. The number of aliphatic hydroxyl groups excluding tert-OH is 1. The van der Waals surface area contributed by atoms with Crippen molar-refractivity contribution in [3.8, 4) is 0 Å². The average Bonchev–Trinajstić information content (AvgIpc) is 2.72. The topological polar surface area (TPSA) is 45.6 Å². The molecule has 0 bridgehead atoms. The molecule has 1 fully saturated rings. The number of anilines is 1. The Morgan fingerprint density at radius 1 is 1.53 bits per heavy atom. The van der Waals surface area contributed by atoms with Crippen molar-refractivity contribution in [1.82, 2.24) is 4.98 Å². The third-order valence-corrected chi connectivity index (χ3v) is 4.36. The van der Waals surface area contributed by atoms with Gasteiger partial charge in [-0.25, -0.2) is 4.98 Å². The first-order valence-electron chi connectivity index (χ1n) is 6.10. The van der Waals surface area contributed by atoms with Gasteiger partial charge in [0, 0.05) is 20.2 Å². The number of hydrogen-bond donors (Lipinski definition) is 1. The summed E-state index contributed by atoms with van der Waals surface area (Å²) in [6.45, 7) is 3.79. The van der Waals surface area contributed by atoms with E-state index in [1.807, 2.05) is 14.0 Å². The van der Waals surface area contributed by atoms with Gasteiger partial charge in [-0.3, -0.25) is 0 Å². The molecule has 1 unspecified atom stereocenters. The normalized spacial score (nSPS) is 20.5. The molecule has 0 saturated carbocycles. The Labute approximate surface area is 106 Å². The lowest BCUT2D eigenvalue weighted by Crippen LogP contribution is -2.33. The third kappa shape index (κ3) is 3.18. The van der Waals surface area contributed by atoms with Crippen molar-refractivity contribution >= 4 is 16.5 Å². The zero-order chi connectivity index (χ0) is 12.3. The molecule has 2 rings (SSSR count). The Kier molecular flexibility index (Phi) is 4.36. The van der Waals surface area contributed by atoms with Crippen LogP contribution in [-0.2, 0) is 11.3 Å². The van der Waals surface area contributed by atoms with E-state index < -0.39 is 0 Å². The largest absolute Gasteiger partial charge is 0.391 e. The highest BCUT2D eigenvalue weighted by atomic mass is 32.1. The van der Waals surface area contributed by atoms with Gasteiger partial charge in [0.15, 0.2) is 5.13 Å². The van der Waals surface area contributed by atoms with Gasteiger partial charge in [0.1, 0.15) is 0 Å². The Bertz CT molecular complexity index is 361. The van der Waals surface area contributed by atoms with E-state index in [1.54, 1.807) is 11.3 Å². The van der Waals surface area contributed by atoms with E-state index in [-0.39, 0.29) is 6.61 Å². The maximum atomic E-state index is 9.16. The molecule has 1 atom stereocenters. The summed E-state index contributed by atoms with van der Waals surface area (Å²) in [6.07, 6.45) is 3.92. The molecule has 5 heteroatoms. The lowest BCUT2D eigenvalue weighted by molar-refractivity contribution is 0.0216. The van der Waals surface area contributed by atoms with Crippen LogP contribution in [0.25, 0.3) is 0 Å². The van der Waals surface area contributed by atoms with Crippen LogP contribution in [0.5, 0.6) is 0 Å². The first-order valence-corrected chi connectivity index (χ1v) is 6.92. The van der Waals surface area contributed by atoms with Crippen molar-refractivity contribution in [2.75, 3.05) is 25.1 Å². The number of rotatable bonds is 4. The highest BCUT2D eigenvalue weighted by Crippen LogP contribution is 2.26. The van der Waals surface area contributed by atoms with Gasteiger partial charge >= 0.3 is 0 Å². The molecule has 1 aliphatic rings. The van der Waals surface area contributed by atoms with Crippen LogP contribution >= 0.6 is 11.3 Å². The minimum Gasteiger partial charge on any atom is -0.391 e. The second kappa shape index (κ2) is 5.80. The summed E-state index contributed by atoms with van der Waals surface area (Å²) in [5.74, 6) is 0. The van der Waals surface area contributed by atoms with Crippen LogP contribution < -0.4 is 4.90 Å². The van der Waals surface area contributed by atoms with E-state index in [4.69, 9.17) is 9.84 Å². The molecule has 1 aromatic heterocycles. The van der Waals surface area contributed by atoms with Crippen LogP contribution in [0.3, 0.4) is 0 Å². The van der Waals surface area contributed by atoms with Crippen LogP contribution in [0.2, 0.25) is 0 Å². The predicted molar refractivity (Wildman–Crippen MR) is 69.6 cm³/mol. The SMILES string of the molecule is Cc1nc(N(C)CC2CCCCO2)sc1CO. The van der Waals surface area contributed by atoms with Crippen LogP contribution in [0, 0.1) is 6.92 Å². The fraction of sp³-hybridized carbons (Fsp3) is 0.750. The van der Waals surface area contributed by atoms with Gasteiger partial charge in [0.05, 0.1) is 23.3 Å². The minimum absolute atomic E-state index is 0.0806. The second-order valence-corrected chi connectivity index (χ2v) is 5.59. The lowest BCUT2D eigenvalue weighted by atomic mass is 10.1. The fourth-order valence-electron chi connectivity index (χ4n) is 2.06. The number of ether oxygens (including phenoxy) is 1. The summed E-state index contributed by atoms with van der Waals surface area (Å²) in [5.41, 5.74) is 0.934. The lowest BCUT2D eigenvalue weighted by Gasteiger charge is -2.27. The summed E-state index contributed by atoms with van der Waals surface area (Å²) in [6, 6.07) is 0. The zero-order valence-corrected chi connectivity index (χ0v) is 11.3. The maximum absolute atomic E-state index is 9.16. The van der Waals surface area contributed by atoms with Gasteiger partial charge in [-0.15, -0.1) is 0 Å². The summed E-state index contributed by atoms with van der Waals surface area (Å²) in [5, 5.41) is 10.1. The molecule has 1 saturated heterocycles. The Morgan fingerprint density at radius 2 is 2.35 bits per heavy atom. The van der Waals surface area contributed by atoms with E-state index >= 15 is 0 Å². The van der Waals surface area contributed by atoms with Gasteiger partial charge in [-0.2, -0.15) is 0 Å². The quantitative estimate of drug-likeness (QED) is 0.894. The van der Waals surface area contributed by atoms with Crippen LogP contribution in [0.4, 0.5) is 5.13 Å². The van der Waals surface area contributed by atoms with Gasteiger partial charge in [-0.1, -0.05) is 11.3 Å². The van der Waals surface area contributed by atoms with Gasteiger partial charge in [-0.05, 0) is 26.2 Å². The highest BCUT2D eigenvalue weighted by Gasteiger charge is 2.18. The van der Waals surface area contributed by atoms with Crippen molar-refractivity contribution in [3.05, 3.63) is 10.6 Å². The Balaban J connectivity index is 1.95.